The van der Waals surface area contributed by atoms with E-state index in [0.29, 0.717) is 42.5 Å². The van der Waals surface area contributed by atoms with Crippen LogP contribution in [0.2, 0.25) is 5.02 Å². The lowest BCUT2D eigenvalue weighted by molar-refractivity contribution is -0.116. The van der Waals surface area contributed by atoms with E-state index in [2.05, 4.69) is 10.6 Å². The lowest BCUT2D eigenvalue weighted by Gasteiger charge is -2.17. The lowest BCUT2D eigenvalue weighted by Crippen LogP contribution is -2.27. The summed E-state index contributed by atoms with van der Waals surface area (Å²) in [6.45, 7) is 0.643. The second-order valence-corrected chi connectivity index (χ2v) is 7.02. The van der Waals surface area contributed by atoms with Gasteiger partial charge in [0.25, 0.3) is 5.91 Å². The second kappa shape index (κ2) is 8.41. The van der Waals surface area contributed by atoms with E-state index >= 15 is 0 Å². The molecule has 0 aliphatic carbocycles. The number of fused-ring (bicyclic) bond motifs is 1. The number of ether oxygens (including phenoxy) is 1. The van der Waals surface area contributed by atoms with E-state index in [-0.39, 0.29) is 17.6 Å². The molecule has 1 aromatic heterocycles. The van der Waals surface area contributed by atoms with Crippen molar-refractivity contribution in [3.8, 4) is 17.1 Å². The van der Waals surface area contributed by atoms with Gasteiger partial charge in [0.1, 0.15) is 18.1 Å². The minimum Gasteiger partial charge on any atom is -0.492 e. The third kappa shape index (κ3) is 4.43. The zero-order valence-corrected chi connectivity index (χ0v) is 16.3. The van der Waals surface area contributed by atoms with Crippen molar-refractivity contribution in [2.45, 2.75) is 12.8 Å². The van der Waals surface area contributed by atoms with Gasteiger partial charge in [-0.2, -0.15) is 0 Å². The van der Waals surface area contributed by atoms with Crippen LogP contribution in [0.1, 0.15) is 22.5 Å². The fourth-order valence-electron chi connectivity index (χ4n) is 3.14. The molecule has 2 amide bonds. The summed E-state index contributed by atoms with van der Waals surface area (Å²) in [7, 11) is 0. The maximum atomic E-state index is 12.3. The molecule has 0 radical (unpaired) electrons. The van der Waals surface area contributed by atoms with Crippen LogP contribution in [0.3, 0.4) is 0 Å². The van der Waals surface area contributed by atoms with E-state index in [9.17, 15) is 9.59 Å². The maximum Gasteiger partial charge on any atom is 0.287 e. The number of carbonyl (C=O) groups excluding carboxylic acids is 2. The average molecular weight is 411 g/mol. The third-order valence-corrected chi connectivity index (χ3v) is 4.93. The highest BCUT2D eigenvalue weighted by Gasteiger charge is 2.16. The minimum atomic E-state index is -0.319. The van der Waals surface area contributed by atoms with Crippen LogP contribution >= 0.6 is 11.6 Å². The number of hydrogen-bond donors (Lipinski definition) is 2. The predicted octanol–water partition coefficient (Wildman–Crippen LogP) is 4.29. The van der Waals surface area contributed by atoms with Crippen LogP contribution in [-0.4, -0.2) is 25.0 Å². The first kappa shape index (κ1) is 19.1. The van der Waals surface area contributed by atoms with Gasteiger partial charge in [-0.05, 0) is 54.4 Å². The first-order chi connectivity index (χ1) is 14.1. The van der Waals surface area contributed by atoms with Crippen LogP contribution in [0.25, 0.3) is 11.3 Å². The van der Waals surface area contributed by atoms with Crippen molar-refractivity contribution in [3.63, 3.8) is 0 Å². The number of nitrogens with one attached hydrogen (secondary N) is 2. The molecule has 2 N–H and O–H groups in total. The van der Waals surface area contributed by atoms with Gasteiger partial charge in [-0.15, -0.1) is 0 Å². The summed E-state index contributed by atoms with van der Waals surface area (Å²) in [6, 6.07) is 16.2. The molecule has 0 saturated carbocycles. The molecule has 0 fully saturated rings. The Labute approximate surface area is 172 Å². The Hall–Kier alpha value is -3.25. The van der Waals surface area contributed by atoms with Crippen LogP contribution in [-0.2, 0) is 11.2 Å². The molecular weight excluding hydrogens is 392 g/mol. The van der Waals surface area contributed by atoms with Crippen molar-refractivity contribution in [3.05, 3.63) is 70.9 Å². The summed E-state index contributed by atoms with van der Waals surface area (Å²) in [5.74, 6) is 1.17. The first-order valence-electron chi connectivity index (χ1n) is 9.29. The number of aryl methyl sites for hydroxylation is 1. The molecule has 2 aromatic carbocycles. The molecule has 7 heteroatoms. The molecule has 3 aromatic rings. The molecule has 1 aliphatic rings. The van der Waals surface area contributed by atoms with Crippen LogP contribution in [0, 0.1) is 0 Å². The van der Waals surface area contributed by atoms with Gasteiger partial charge in [-0.25, -0.2) is 0 Å². The molecule has 6 nitrogen and oxygen atoms in total. The van der Waals surface area contributed by atoms with E-state index in [1.165, 1.54) is 0 Å². The molecule has 0 saturated heterocycles. The van der Waals surface area contributed by atoms with Crippen molar-refractivity contribution in [2.24, 2.45) is 0 Å². The Morgan fingerprint density at radius 2 is 2.00 bits per heavy atom. The summed E-state index contributed by atoms with van der Waals surface area (Å²) in [6.07, 6.45) is 1.17. The number of amides is 2. The average Bonchev–Trinajstić information content (AvgIpc) is 3.21. The van der Waals surface area contributed by atoms with Gasteiger partial charge in [-0.1, -0.05) is 23.7 Å². The predicted molar refractivity (Wildman–Crippen MR) is 110 cm³/mol. The zero-order valence-electron chi connectivity index (χ0n) is 15.5. The molecule has 0 bridgehead atoms. The molecule has 0 unspecified atom stereocenters. The van der Waals surface area contributed by atoms with Crippen LogP contribution in [0.5, 0.6) is 5.75 Å². The first-order valence-corrected chi connectivity index (χ1v) is 9.66. The number of halogens is 1. The molecule has 4 rings (SSSR count). The zero-order chi connectivity index (χ0) is 20.2. The van der Waals surface area contributed by atoms with Crippen LogP contribution < -0.4 is 15.4 Å². The van der Waals surface area contributed by atoms with E-state index < -0.39 is 0 Å². The number of anilines is 1. The Balaban J connectivity index is 1.29. The second-order valence-electron chi connectivity index (χ2n) is 6.62. The quantitative estimate of drug-likeness (QED) is 0.594. The molecule has 0 atom stereocenters. The van der Waals surface area contributed by atoms with Gasteiger partial charge in [0.15, 0.2) is 5.76 Å². The summed E-state index contributed by atoms with van der Waals surface area (Å²) in [4.78, 5) is 23.7. The molecule has 1 aliphatic heterocycles. The summed E-state index contributed by atoms with van der Waals surface area (Å²) < 4.78 is 11.3. The molecular formula is C22H19ClN2O4. The number of rotatable bonds is 6. The SMILES string of the molecule is O=C1CCc2cc(OCCNC(=O)c3ccc(-c4ccccc4Cl)o3)ccc2N1. The monoisotopic (exact) mass is 410 g/mol. The van der Waals surface area contributed by atoms with Gasteiger partial charge >= 0.3 is 0 Å². The Morgan fingerprint density at radius 3 is 2.86 bits per heavy atom. The smallest absolute Gasteiger partial charge is 0.287 e. The largest absolute Gasteiger partial charge is 0.492 e. The van der Waals surface area contributed by atoms with Gasteiger partial charge in [0, 0.05) is 17.7 Å². The van der Waals surface area contributed by atoms with Crippen molar-refractivity contribution >= 4 is 29.1 Å². The fraction of sp³-hybridized carbons (Fsp3) is 0.182. The Kier molecular flexibility index (Phi) is 5.53. The highest BCUT2D eigenvalue weighted by atomic mass is 35.5. The van der Waals surface area contributed by atoms with Gasteiger partial charge in [-0.3, -0.25) is 9.59 Å². The third-order valence-electron chi connectivity index (χ3n) is 4.60. The molecule has 0 spiro atoms. The van der Waals surface area contributed by atoms with Crippen LogP contribution in [0.15, 0.2) is 59.0 Å². The number of furan rings is 1. The topological polar surface area (TPSA) is 80.6 Å². The van der Waals surface area contributed by atoms with Crippen molar-refractivity contribution < 1.29 is 18.7 Å². The maximum absolute atomic E-state index is 12.3. The van der Waals surface area contributed by atoms with Gasteiger partial charge < -0.3 is 19.8 Å². The van der Waals surface area contributed by atoms with Crippen LogP contribution in [0.4, 0.5) is 5.69 Å². The summed E-state index contributed by atoms with van der Waals surface area (Å²) in [5, 5.41) is 6.17. The number of hydrogen-bond acceptors (Lipinski definition) is 4. The van der Waals surface area contributed by atoms with Crippen molar-refractivity contribution in [2.75, 3.05) is 18.5 Å². The lowest BCUT2D eigenvalue weighted by atomic mass is 10.0. The summed E-state index contributed by atoms with van der Waals surface area (Å²) in [5.41, 5.74) is 2.61. The van der Waals surface area contributed by atoms with Crippen molar-refractivity contribution in [1.82, 2.24) is 5.32 Å². The van der Waals surface area contributed by atoms with E-state index in [1.54, 1.807) is 24.3 Å². The highest BCUT2D eigenvalue weighted by Crippen LogP contribution is 2.29. The van der Waals surface area contributed by atoms with E-state index in [0.717, 1.165) is 16.8 Å². The van der Waals surface area contributed by atoms with E-state index in [1.807, 2.05) is 30.3 Å². The van der Waals surface area contributed by atoms with Crippen molar-refractivity contribution in [1.29, 1.82) is 0 Å². The number of carbonyl (C=O) groups is 2. The minimum absolute atomic E-state index is 0.0319. The molecule has 148 valence electrons. The van der Waals surface area contributed by atoms with Gasteiger partial charge in [0.05, 0.1) is 11.6 Å². The molecule has 29 heavy (non-hydrogen) atoms. The standard InChI is InChI=1S/C22H19ClN2O4/c23-17-4-2-1-3-16(17)19-8-9-20(29-19)22(27)24-11-12-28-15-6-7-18-14(13-15)5-10-21(26)25-18/h1-4,6-9,13H,5,10-12H2,(H,24,27)(H,25,26). The van der Waals surface area contributed by atoms with Gasteiger partial charge in [0.2, 0.25) is 5.91 Å². The molecule has 2 heterocycles. The Morgan fingerprint density at radius 1 is 1.14 bits per heavy atom. The normalized spacial score (nSPS) is 12.8. The number of benzene rings is 2. The van der Waals surface area contributed by atoms with E-state index in [4.69, 9.17) is 20.8 Å². The Bertz CT molecular complexity index is 1060. The fourth-order valence-corrected chi connectivity index (χ4v) is 3.36. The summed E-state index contributed by atoms with van der Waals surface area (Å²) >= 11 is 6.16. The highest BCUT2D eigenvalue weighted by molar-refractivity contribution is 6.33.